The molecule has 0 unspecified atom stereocenters. The third-order valence-corrected chi connectivity index (χ3v) is 7.87. The predicted octanol–water partition coefficient (Wildman–Crippen LogP) is 5.31. The molecule has 3 aromatic rings. The SMILES string of the molecule is COc1cc([C@@H]2C3=C(CCCC3=O)Nc3nc(SCc4ccccc4Cl)[nH]c(=O)c32)cc(OC)c1OC. The van der Waals surface area contributed by atoms with Gasteiger partial charge in [0.2, 0.25) is 5.75 Å². The summed E-state index contributed by atoms with van der Waals surface area (Å²) in [6, 6.07) is 11.1. The van der Waals surface area contributed by atoms with E-state index in [0.29, 0.717) is 68.5 Å². The van der Waals surface area contributed by atoms with Gasteiger partial charge in [-0.1, -0.05) is 41.6 Å². The molecular formula is C27H26ClN3O5S. The highest BCUT2D eigenvalue weighted by molar-refractivity contribution is 7.98. The number of Topliss-reactive ketones (excluding diaryl/α,β-unsaturated/α-hetero) is 1. The fraction of sp³-hybridized carbons (Fsp3) is 0.296. The molecule has 1 aliphatic heterocycles. The average Bonchev–Trinajstić information content (AvgIpc) is 2.90. The van der Waals surface area contributed by atoms with Gasteiger partial charge in [0.1, 0.15) is 5.82 Å². The number of fused-ring (bicyclic) bond motifs is 1. The third-order valence-electron chi connectivity index (χ3n) is 6.58. The van der Waals surface area contributed by atoms with Gasteiger partial charge in [-0.3, -0.25) is 9.59 Å². The topological polar surface area (TPSA) is 103 Å². The number of allylic oxidation sites excluding steroid dienone is 2. The summed E-state index contributed by atoms with van der Waals surface area (Å²) in [5.41, 5.74) is 3.07. The maximum Gasteiger partial charge on any atom is 0.257 e. The van der Waals surface area contributed by atoms with Crippen molar-refractivity contribution in [3.8, 4) is 17.2 Å². The highest BCUT2D eigenvalue weighted by Gasteiger charge is 2.38. The van der Waals surface area contributed by atoms with Gasteiger partial charge in [0, 0.05) is 34.4 Å². The predicted molar refractivity (Wildman–Crippen MR) is 143 cm³/mol. The summed E-state index contributed by atoms with van der Waals surface area (Å²) >= 11 is 7.69. The Morgan fingerprint density at radius 2 is 1.78 bits per heavy atom. The Kier molecular flexibility index (Phi) is 7.17. The minimum Gasteiger partial charge on any atom is -0.493 e. The molecule has 1 atom stereocenters. The molecule has 0 fully saturated rings. The zero-order valence-corrected chi connectivity index (χ0v) is 22.2. The zero-order chi connectivity index (χ0) is 26.1. The minimum absolute atomic E-state index is 0.00900. The molecule has 0 saturated carbocycles. The lowest BCUT2D eigenvalue weighted by Crippen LogP contribution is -2.32. The summed E-state index contributed by atoms with van der Waals surface area (Å²) in [5, 5.41) is 4.42. The summed E-state index contributed by atoms with van der Waals surface area (Å²) in [5.74, 6) is 1.69. The molecular weight excluding hydrogens is 514 g/mol. The van der Waals surface area contributed by atoms with Gasteiger partial charge >= 0.3 is 0 Å². The van der Waals surface area contributed by atoms with Crippen molar-refractivity contribution in [2.75, 3.05) is 26.6 Å². The first-order valence-corrected chi connectivity index (χ1v) is 13.1. The molecule has 1 aromatic heterocycles. The summed E-state index contributed by atoms with van der Waals surface area (Å²) in [7, 11) is 4.59. The number of rotatable bonds is 7. The van der Waals surface area contributed by atoms with Crippen molar-refractivity contribution in [3.63, 3.8) is 0 Å². The fourth-order valence-electron chi connectivity index (χ4n) is 4.87. The normalized spacial score (nSPS) is 16.5. The number of carbonyl (C=O) groups excluding carboxylic acids is 1. The number of thioether (sulfide) groups is 1. The number of anilines is 1. The number of hydrogen-bond donors (Lipinski definition) is 2. The van der Waals surface area contributed by atoms with Crippen LogP contribution in [0.15, 0.2) is 57.6 Å². The van der Waals surface area contributed by atoms with E-state index in [1.165, 1.54) is 33.1 Å². The molecule has 1 aliphatic carbocycles. The standard InChI is InChI=1S/C27H26ClN3O5S/c1-34-19-11-15(12-20(35-2)24(19)36-3)21-22-17(9-6-10-18(22)32)29-25-23(21)26(33)31-27(30-25)37-13-14-7-4-5-8-16(14)28/h4-5,7-8,11-12,21H,6,9-10,13H2,1-3H3,(H2,29,30,31,33)/t21-/m1/s1. The minimum atomic E-state index is -0.633. The Hall–Kier alpha value is -3.43. The Morgan fingerprint density at radius 3 is 2.46 bits per heavy atom. The molecule has 2 N–H and O–H groups in total. The molecule has 0 spiro atoms. The van der Waals surface area contributed by atoms with Crippen LogP contribution in [0.4, 0.5) is 5.82 Å². The smallest absolute Gasteiger partial charge is 0.257 e. The number of halogens is 1. The van der Waals surface area contributed by atoms with E-state index in [1.54, 1.807) is 12.1 Å². The lowest BCUT2D eigenvalue weighted by Gasteiger charge is -2.33. The lowest BCUT2D eigenvalue weighted by molar-refractivity contribution is -0.116. The first kappa shape index (κ1) is 25.2. The summed E-state index contributed by atoms with van der Waals surface area (Å²) in [4.78, 5) is 34.4. The van der Waals surface area contributed by atoms with Crippen molar-refractivity contribution in [3.05, 3.63) is 79.7 Å². The Balaban J connectivity index is 1.62. The molecule has 37 heavy (non-hydrogen) atoms. The molecule has 2 heterocycles. The maximum absolute atomic E-state index is 13.6. The Labute approximate surface area is 223 Å². The molecule has 0 saturated heterocycles. The molecule has 0 bridgehead atoms. The largest absolute Gasteiger partial charge is 0.493 e. The second-order valence-corrected chi connectivity index (χ2v) is 10.1. The van der Waals surface area contributed by atoms with Crippen LogP contribution in [-0.2, 0) is 10.5 Å². The molecule has 5 rings (SSSR count). The van der Waals surface area contributed by atoms with Crippen molar-refractivity contribution in [1.82, 2.24) is 9.97 Å². The van der Waals surface area contributed by atoms with E-state index in [9.17, 15) is 9.59 Å². The van der Waals surface area contributed by atoms with Gasteiger partial charge in [-0.05, 0) is 42.2 Å². The second kappa shape index (κ2) is 10.5. The molecule has 0 radical (unpaired) electrons. The van der Waals surface area contributed by atoms with Crippen LogP contribution >= 0.6 is 23.4 Å². The van der Waals surface area contributed by atoms with Gasteiger partial charge in [-0.25, -0.2) is 4.98 Å². The van der Waals surface area contributed by atoms with E-state index in [2.05, 4.69) is 10.3 Å². The number of H-pyrrole nitrogens is 1. The van der Waals surface area contributed by atoms with Crippen LogP contribution in [0.1, 0.15) is 41.9 Å². The van der Waals surface area contributed by atoms with Gasteiger partial charge in [-0.2, -0.15) is 0 Å². The van der Waals surface area contributed by atoms with Crippen molar-refractivity contribution in [1.29, 1.82) is 0 Å². The monoisotopic (exact) mass is 539 g/mol. The quantitative estimate of drug-likeness (QED) is 0.308. The van der Waals surface area contributed by atoms with Crippen LogP contribution in [0.25, 0.3) is 0 Å². The van der Waals surface area contributed by atoms with E-state index < -0.39 is 5.92 Å². The fourth-order valence-corrected chi connectivity index (χ4v) is 6.02. The number of aromatic amines is 1. The van der Waals surface area contributed by atoms with Crippen LogP contribution in [0.2, 0.25) is 5.02 Å². The van der Waals surface area contributed by atoms with Gasteiger partial charge in [0.15, 0.2) is 22.4 Å². The van der Waals surface area contributed by atoms with Crippen LogP contribution in [0, 0.1) is 0 Å². The highest BCUT2D eigenvalue weighted by atomic mass is 35.5. The lowest BCUT2D eigenvalue weighted by atomic mass is 9.76. The van der Waals surface area contributed by atoms with Crippen LogP contribution in [-0.4, -0.2) is 37.1 Å². The van der Waals surface area contributed by atoms with Gasteiger partial charge in [0.25, 0.3) is 5.56 Å². The van der Waals surface area contributed by atoms with Gasteiger partial charge in [0.05, 0.1) is 26.9 Å². The van der Waals surface area contributed by atoms with E-state index in [1.807, 2.05) is 24.3 Å². The van der Waals surface area contributed by atoms with Crippen molar-refractivity contribution in [2.24, 2.45) is 0 Å². The number of methoxy groups -OCH3 is 3. The average molecular weight is 540 g/mol. The van der Waals surface area contributed by atoms with Crippen molar-refractivity contribution >= 4 is 35.0 Å². The second-order valence-electron chi connectivity index (χ2n) is 8.70. The number of aromatic nitrogens is 2. The summed E-state index contributed by atoms with van der Waals surface area (Å²) < 4.78 is 16.6. The summed E-state index contributed by atoms with van der Waals surface area (Å²) in [6.45, 7) is 0. The number of ether oxygens (including phenoxy) is 3. The maximum atomic E-state index is 13.6. The molecule has 2 aromatic carbocycles. The van der Waals surface area contributed by atoms with Crippen LogP contribution < -0.4 is 25.1 Å². The van der Waals surface area contributed by atoms with E-state index >= 15 is 0 Å². The Morgan fingerprint density at radius 1 is 1.05 bits per heavy atom. The molecule has 8 nitrogen and oxygen atoms in total. The van der Waals surface area contributed by atoms with Crippen LogP contribution in [0.5, 0.6) is 17.2 Å². The van der Waals surface area contributed by atoms with Crippen molar-refractivity contribution < 1.29 is 19.0 Å². The number of ketones is 1. The molecule has 2 aliphatic rings. The van der Waals surface area contributed by atoms with Crippen molar-refractivity contribution in [2.45, 2.75) is 36.1 Å². The first-order chi connectivity index (χ1) is 17.9. The van der Waals surface area contributed by atoms with Crippen LogP contribution in [0.3, 0.4) is 0 Å². The van der Waals surface area contributed by atoms with Gasteiger partial charge in [-0.15, -0.1) is 0 Å². The number of hydrogen-bond acceptors (Lipinski definition) is 8. The molecule has 10 heteroatoms. The number of nitrogens with zero attached hydrogens (tertiary/aromatic N) is 1. The van der Waals surface area contributed by atoms with Gasteiger partial charge < -0.3 is 24.5 Å². The highest BCUT2D eigenvalue weighted by Crippen LogP contribution is 2.47. The van der Waals surface area contributed by atoms with E-state index in [-0.39, 0.29) is 11.3 Å². The number of carbonyl (C=O) groups is 1. The summed E-state index contributed by atoms with van der Waals surface area (Å²) in [6.07, 6.45) is 1.85. The third kappa shape index (κ3) is 4.69. The zero-order valence-electron chi connectivity index (χ0n) is 20.6. The molecule has 0 amide bonds. The Bertz CT molecular complexity index is 1440. The number of benzene rings is 2. The first-order valence-electron chi connectivity index (χ1n) is 11.8. The number of nitrogens with one attached hydrogen (secondary N) is 2. The van der Waals surface area contributed by atoms with E-state index in [4.69, 9.17) is 30.8 Å². The van der Waals surface area contributed by atoms with E-state index in [0.717, 1.165) is 17.7 Å². The molecule has 192 valence electrons.